The summed E-state index contributed by atoms with van der Waals surface area (Å²) in [4.78, 5) is 0.920. The zero-order valence-electron chi connectivity index (χ0n) is 12.6. The minimum Gasteiger partial charge on any atom is -0.323 e. The van der Waals surface area contributed by atoms with Gasteiger partial charge in [-0.05, 0) is 41.7 Å². The van der Waals surface area contributed by atoms with Crippen molar-refractivity contribution in [2.24, 2.45) is 11.7 Å². The van der Waals surface area contributed by atoms with Gasteiger partial charge in [0.2, 0.25) is 0 Å². The quantitative estimate of drug-likeness (QED) is 0.775. The Balaban J connectivity index is 1.98. The molecule has 0 fully saturated rings. The molecule has 0 spiro atoms. The number of halogens is 1. The fourth-order valence-corrected chi connectivity index (χ4v) is 3.20. The van der Waals surface area contributed by atoms with Gasteiger partial charge < -0.3 is 5.73 Å². The number of hydrogen-bond acceptors (Lipinski definition) is 2. The summed E-state index contributed by atoms with van der Waals surface area (Å²) in [5.74, 6) is 1.18. The summed E-state index contributed by atoms with van der Waals surface area (Å²) < 4.78 is 13.1. The summed E-state index contributed by atoms with van der Waals surface area (Å²) in [5.41, 5.74) is 8.74. The second-order valence-corrected chi connectivity index (χ2v) is 6.81. The molecule has 0 aromatic heterocycles. The van der Waals surface area contributed by atoms with E-state index in [1.807, 2.05) is 6.07 Å². The molecular weight excluding hydrogens is 281 g/mol. The third-order valence-corrected chi connectivity index (χ3v) is 4.36. The maximum Gasteiger partial charge on any atom is 0.124 e. The molecular formula is C18H22FNS. The van der Waals surface area contributed by atoms with E-state index in [0.29, 0.717) is 5.92 Å². The van der Waals surface area contributed by atoms with Gasteiger partial charge in [0.25, 0.3) is 0 Å². The maximum atomic E-state index is 13.1. The second-order valence-electron chi connectivity index (χ2n) is 5.72. The van der Waals surface area contributed by atoms with Crippen molar-refractivity contribution in [1.82, 2.24) is 0 Å². The van der Waals surface area contributed by atoms with Crippen molar-refractivity contribution in [3.05, 3.63) is 65.5 Å². The van der Waals surface area contributed by atoms with Gasteiger partial charge in [0.05, 0.1) is 0 Å². The monoisotopic (exact) mass is 303 g/mol. The molecule has 0 radical (unpaired) electrons. The van der Waals surface area contributed by atoms with Gasteiger partial charge in [0.15, 0.2) is 0 Å². The molecule has 0 saturated carbocycles. The number of hydrogen-bond donors (Lipinski definition) is 1. The van der Waals surface area contributed by atoms with Crippen LogP contribution in [0, 0.1) is 11.7 Å². The summed E-state index contributed by atoms with van der Waals surface area (Å²) >= 11 is 1.59. The number of benzene rings is 2. The van der Waals surface area contributed by atoms with Gasteiger partial charge in [-0.15, -0.1) is 11.8 Å². The van der Waals surface area contributed by atoms with Gasteiger partial charge >= 0.3 is 0 Å². The first kappa shape index (κ1) is 16.1. The standard InChI is InChI=1S/C18H22FNS/c1-13(2)9-14-5-3-6-15(10-14)18(20)12-21-17-8-4-7-16(19)11-17/h3-8,10-11,13,18H,9,12,20H2,1-2H3. The summed E-state index contributed by atoms with van der Waals surface area (Å²) in [6, 6.07) is 15.1. The molecule has 0 saturated heterocycles. The zero-order chi connectivity index (χ0) is 15.2. The third kappa shape index (κ3) is 5.18. The molecule has 3 heteroatoms. The van der Waals surface area contributed by atoms with Crippen LogP contribution in [0.25, 0.3) is 0 Å². The van der Waals surface area contributed by atoms with Crippen LogP contribution >= 0.6 is 11.8 Å². The summed E-state index contributed by atoms with van der Waals surface area (Å²) in [7, 11) is 0. The Labute approximate surface area is 130 Å². The van der Waals surface area contributed by atoms with Crippen LogP contribution in [0.3, 0.4) is 0 Å². The minimum atomic E-state index is -0.201. The number of thioether (sulfide) groups is 1. The van der Waals surface area contributed by atoms with E-state index in [4.69, 9.17) is 5.73 Å². The molecule has 21 heavy (non-hydrogen) atoms. The highest BCUT2D eigenvalue weighted by Gasteiger charge is 2.08. The largest absolute Gasteiger partial charge is 0.323 e. The first-order chi connectivity index (χ1) is 10.0. The number of nitrogens with two attached hydrogens (primary N) is 1. The fourth-order valence-electron chi connectivity index (χ4n) is 2.26. The molecule has 0 aliphatic carbocycles. The van der Waals surface area contributed by atoms with E-state index in [2.05, 4.69) is 38.1 Å². The van der Waals surface area contributed by atoms with Crippen LogP contribution in [0.15, 0.2) is 53.4 Å². The van der Waals surface area contributed by atoms with Gasteiger partial charge in [-0.2, -0.15) is 0 Å². The van der Waals surface area contributed by atoms with E-state index >= 15 is 0 Å². The molecule has 1 unspecified atom stereocenters. The van der Waals surface area contributed by atoms with E-state index in [1.165, 1.54) is 11.6 Å². The predicted molar refractivity (Wildman–Crippen MR) is 89.0 cm³/mol. The average Bonchev–Trinajstić information content (AvgIpc) is 2.44. The second kappa shape index (κ2) is 7.62. The summed E-state index contributed by atoms with van der Waals surface area (Å²) in [6.07, 6.45) is 1.07. The molecule has 0 bridgehead atoms. The van der Waals surface area contributed by atoms with Crippen LogP contribution in [-0.2, 0) is 6.42 Å². The van der Waals surface area contributed by atoms with Crippen molar-refractivity contribution >= 4 is 11.8 Å². The lowest BCUT2D eigenvalue weighted by Gasteiger charge is -2.14. The van der Waals surface area contributed by atoms with E-state index in [-0.39, 0.29) is 11.9 Å². The fraction of sp³-hybridized carbons (Fsp3) is 0.333. The van der Waals surface area contributed by atoms with Crippen molar-refractivity contribution < 1.29 is 4.39 Å². The van der Waals surface area contributed by atoms with Gasteiger partial charge in [0.1, 0.15) is 5.82 Å². The highest BCUT2D eigenvalue weighted by Crippen LogP contribution is 2.24. The SMILES string of the molecule is CC(C)Cc1cccc(C(N)CSc2cccc(F)c2)c1. The Morgan fingerprint density at radius 2 is 1.86 bits per heavy atom. The lowest BCUT2D eigenvalue weighted by Crippen LogP contribution is -2.13. The van der Waals surface area contributed by atoms with Crippen molar-refractivity contribution in [1.29, 1.82) is 0 Å². The van der Waals surface area contributed by atoms with Crippen LogP contribution in [0.4, 0.5) is 4.39 Å². The Morgan fingerprint density at radius 3 is 2.57 bits per heavy atom. The van der Waals surface area contributed by atoms with E-state index < -0.39 is 0 Å². The normalized spacial score (nSPS) is 12.6. The molecule has 0 aliphatic rings. The Kier molecular flexibility index (Phi) is 5.83. The van der Waals surface area contributed by atoms with Gasteiger partial charge in [0, 0.05) is 16.7 Å². The Morgan fingerprint density at radius 1 is 1.10 bits per heavy atom. The van der Waals surface area contributed by atoms with Crippen LogP contribution in [0.2, 0.25) is 0 Å². The molecule has 0 heterocycles. The van der Waals surface area contributed by atoms with Crippen LogP contribution < -0.4 is 5.73 Å². The number of rotatable bonds is 6. The van der Waals surface area contributed by atoms with Crippen molar-refractivity contribution in [3.8, 4) is 0 Å². The molecule has 1 nitrogen and oxygen atoms in total. The molecule has 2 rings (SSSR count). The van der Waals surface area contributed by atoms with Gasteiger partial charge in [-0.25, -0.2) is 4.39 Å². The Hall–Kier alpha value is -1.32. The lowest BCUT2D eigenvalue weighted by atomic mass is 9.99. The molecule has 1 atom stereocenters. The molecule has 0 aliphatic heterocycles. The highest BCUT2D eigenvalue weighted by atomic mass is 32.2. The van der Waals surface area contributed by atoms with Crippen molar-refractivity contribution in [3.63, 3.8) is 0 Å². The zero-order valence-corrected chi connectivity index (χ0v) is 13.4. The van der Waals surface area contributed by atoms with Gasteiger partial charge in [-0.1, -0.05) is 44.2 Å². The Bertz CT molecular complexity index is 583. The minimum absolute atomic E-state index is 0.0367. The third-order valence-electron chi connectivity index (χ3n) is 3.25. The molecule has 2 aromatic rings. The van der Waals surface area contributed by atoms with Crippen molar-refractivity contribution in [2.75, 3.05) is 5.75 Å². The average molecular weight is 303 g/mol. The summed E-state index contributed by atoms with van der Waals surface area (Å²) in [6.45, 7) is 4.43. The van der Waals surface area contributed by atoms with Crippen LogP contribution in [0.1, 0.15) is 31.0 Å². The maximum absolute atomic E-state index is 13.1. The topological polar surface area (TPSA) is 26.0 Å². The van der Waals surface area contributed by atoms with Crippen molar-refractivity contribution in [2.45, 2.75) is 31.2 Å². The predicted octanol–water partition coefficient (Wildman–Crippen LogP) is 4.82. The first-order valence-electron chi connectivity index (χ1n) is 7.27. The van der Waals surface area contributed by atoms with Gasteiger partial charge in [-0.3, -0.25) is 0 Å². The molecule has 0 amide bonds. The summed E-state index contributed by atoms with van der Waals surface area (Å²) in [5, 5.41) is 0. The highest BCUT2D eigenvalue weighted by molar-refractivity contribution is 7.99. The van der Waals surface area contributed by atoms with E-state index in [1.54, 1.807) is 23.9 Å². The van der Waals surface area contributed by atoms with Crippen LogP contribution in [0.5, 0.6) is 0 Å². The molecule has 2 N–H and O–H groups in total. The lowest BCUT2D eigenvalue weighted by molar-refractivity contribution is 0.624. The van der Waals surface area contributed by atoms with E-state index in [0.717, 1.165) is 22.6 Å². The first-order valence-corrected chi connectivity index (χ1v) is 8.26. The molecule has 112 valence electrons. The van der Waals surface area contributed by atoms with E-state index in [9.17, 15) is 4.39 Å². The molecule has 2 aromatic carbocycles. The van der Waals surface area contributed by atoms with Crippen LogP contribution in [-0.4, -0.2) is 5.75 Å². The smallest absolute Gasteiger partial charge is 0.124 e.